The predicted octanol–water partition coefficient (Wildman–Crippen LogP) is 2.31. The number of aryl methyl sites for hydroxylation is 1. The van der Waals surface area contributed by atoms with Crippen molar-refractivity contribution in [3.8, 4) is 11.8 Å². The van der Waals surface area contributed by atoms with E-state index in [2.05, 4.69) is 5.32 Å². The molecule has 0 aromatic heterocycles. The third-order valence-corrected chi connectivity index (χ3v) is 2.26. The molecule has 1 N–H and O–H groups in total. The molecule has 0 aliphatic rings. The number of ether oxygens (including phenoxy) is 1. The van der Waals surface area contributed by atoms with Gasteiger partial charge in [0.05, 0.1) is 12.5 Å². The molecular weight excluding hydrogens is 204 g/mol. The largest absolute Gasteiger partial charge is 0.412 e. The van der Waals surface area contributed by atoms with Gasteiger partial charge in [0.1, 0.15) is 5.75 Å². The molecule has 1 amide bonds. The molecule has 4 nitrogen and oxygen atoms in total. The van der Waals surface area contributed by atoms with Crippen LogP contribution in [0.4, 0.5) is 4.79 Å². The van der Waals surface area contributed by atoms with E-state index < -0.39 is 6.09 Å². The first-order valence-corrected chi connectivity index (χ1v) is 5.04. The van der Waals surface area contributed by atoms with Crippen LogP contribution in [0.25, 0.3) is 0 Å². The SMILES string of the molecule is Cc1cccc(OC(=O)NCCC#N)c1C. The minimum Gasteiger partial charge on any atom is -0.410 e. The van der Waals surface area contributed by atoms with E-state index in [1.807, 2.05) is 32.0 Å². The number of benzene rings is 1. The molecule has 16 heavy (non-hydrogen) atoms. The van der Waals surface area contributed by atoms with Gasteiger partial charge in [0.25, 0.3) is 0 Å². The van der Waals surface area contributed by atoms with Crippen LogP contribution < -0.4 is 10.1 Å². The average Bonchev–Trinajstić information content (AvgIpc) is 2.25. The van der Waals surface area contributed by atoms with Gasteiger partial charge in [0, 0.05) is 6.54 Å². The first-order chi connectivity index (χ1) is 7.65. The van der Waals surface area contributed by atoms with Crippen LogP contribution in [0.3, 0.4) is 0 Å². The van der Waals surface area contributed by atoms with Crippen molar-refractivity contribution in [1.82, 2.24) is 5.32 Å². The lowest BCUT2D eigenvalue weighted by atomic mass is 10.1. The van der Waals surface area contributed by atoms with Crippen molar-refractivity contribution in [2.45, 2.75) is 20.3 Å². The topological polar surface area (TPSA) is 62.1 Å². The van der Waals surface area contributed by atoms with E-state index in [0.717, 1.165) is 11.1 Å². The predicted molar refractivity (Wildman–Crippen MR) is 60.2 cm³/mol. The summed E-state index contributed by atoms with van der Waals surface area (Å²) in [7, 11) is 0. The van der Waals surface area contributed by atoms with Crippen LogP contribution in [0.15, 0.2) is 18.2 Å². The van der Waals surface area contributed by atoms with E-state index in [-0.39, 0.29) is 6.42 Å². The Morgan fingerprint density at radius 3 is 2.94 bits per heavy atom. The Morgan fingerprint density at radius 2 is 2.25 bits per heavy atom. The molecule has 0 saturated carbocycles. The molecule has 0 saturated heterocycles. The number of nitriles is 1. The molecular formula is C12H14N2O2. The third-order valence-electron chi connectivity index (χ3n) is 2.26. The van der Waals surface area contributed by atoms with Gasteiger partial charge in [0.2, 0.25) is 0 Å². The highest BCUT2D eigenvalue weighted by molar-refractivity contribution is 5.70. The smallest absolute Gasteiger partial charge is 0.410 e. The van der Waals surface area contributed by atoms with E-state index in [1.54, 1.807) is 6.07 Å². The number of nitrogens with zero attached hydrogens (tertiary/aromatic N) is 1. The highest BCUT2D eigenvalue weighted by Gasteiger charge is 2.06. The molecule has 0 heterocycles. The highest BCUT2D eigenvalue weighted by Crippen LogP contribution is 2.20. The molecule has 0 bridgehead atoms. The van der Waals surface area contributed by atoms with Crippen molar-refractivity contribution in [2.75, 3.05) is 6.54 Å². The minimum absolute atomic E-state index is 0.280. The fourth-order valence-electron chi connectivity index (χ4n) is 1.19. The van der Waals surface area contributed by atoms with Gasteiger partial charge >= 0.3 is 6.09 Å². The molecule has 0 aliphatic carbocycles. The fraction of sp³-hybridized carbons (Fsp3) is 0.333. The van der Waals surface area contributed by atoms with E-state index in [9.17, 15) is 4.79 Å². The zero-order valence-corrected chi connectivity index (χ0v) is 9.41. The highest BCUT2D eigenvalue weighted by atomic mass is 16.6. The summed E-state index contributed by atoms with van der Waals surface area (Å²) in [5.41, 5.74) is 2.01. The number of carbonyl (C=O) groups excluding carboxylic acids is 1. The maximum Gasteiger partial charge on any atom is 0.412 e. The Kier molecular flexibility index (Phi) is 4.34. The Balaban J connectivity index is 2.57. The van der Waals surface area contributed by atoms with Crippen molar-refractivity contribution < 1.29 is 9.53 Å². The Morgan fingerprint density at radius 1 is 1.50 bits per heavy atom. The summed E-state index contributed by atoms with van der Waals surface area (Å²) in [4.78, 5) is 11.3. The number of nitrogens with one attached hydrogen (secondary N) is 1. The summed E-state index contributed by atoms with van der Waals surface area (Å²) in [6, 6.07) is 7.47. The van der Waals surface area contributed by atoms with Crippen molar-refractivity contribution in [3.63, 3.8) is 0 Å². The maximum absolute atomic E-state index is 11.3. The van der Waals surface area contributed by atoms with Crippen molar-refractivity contribution in [3.05, 3.63) is 29.3 Å². The molecule has 0 spiro atoms. The van der Waals surface area contributed by atoms with E-state index in [0.29, 0.717) is 12.3 Å². The molecule has 4 heteroatoms. The zero-order valence-electron chi connectivity index (χ0n) is 9.41. The van der Waals surface area contributed by atoms with Crippen molar-refractivity contribution in [2.24, 2.45) is 0 Å². The van der Waals surface area contributed by atoms with Gasteiger partial charge in [-0.05, 0) is 31.0 Å². The fourth-order valence-corrected chi connectivity index (χ4v) is 1.19. The summed E-state index contributed by atoms with van der Waals surface area (Å²) in [6.45, 7) is 4.16. The number of carbonyl (C=O) groups is 1. The molecule has 1 aromatic rings. The van der Waals surface area contributed by atoms with E-state index >= 15 is 0 Å². The van der Waals surface area contributed by atoms with Gasteiger partial charge in [-0.15, -0.1) is 0 Å². The maximum atomic E-state index is 11.3. The summed E-state index contributed by atoms with van der Waals surface area (Å²) in [5.74, 6) is 0.550. The average molecular weight is 218 g/mol. The second kappa shape index (κ2) is 5.76. The van der Waals surface area contributed by atoms with Crippen LogP contribution in [0.5, 0.6) is 5.75 Å². The van der Waals surface area contributed by atoms with Gasteiger partial charge in [-0.1, -0.05) is 12.1 Å². The molecule has 0 atom stereocenters. The molecule has 0 fully saturated rings. The molecule has 1 aromatic carbocycles. The molecule has 0 radical (unpaired) electrons. The van der Waals surface area contributed by atoms with Gasteiger partial charge in [-0.3, -0.25) is 0 Å². The lowest BCUT2D eigenvalue weighted by Gasteiger charge is -2.09. The van der Waals surface area contributed by atoms with Crippen LogP contribution in [0, 0.1) is 25.2 Å². The standard InChI is InChI=1S/C12H14N2O2/c1-9-5-3-6-11(10(9)2)16-12(15)14-8-4-7-13/h3,5-6H,4,8H2,1-2H3,(H,14,15). The Bertz CT molecular complexity index is 422. The summed E-state index contributed by atoms with van der Waals surface area (Å²) < 4.78 is 5.11. The van der Waals surface area contributed by atoms with Gasteiger partial charge in [0.15, 0.2) is 0 Å². The quantitative estimate of drug-likeness (QED) is 0.792. The van der Waals surface area contributed by atoms with Gasteiger partial charge in [-0.25, -0.2) is 4.79 Å². The monoisotopic (exact) mass is 218 g/mol. The molecule has 84 valence electrons. The van der Waals surface area contributed by atoms with Crippen LogP contribution in [0.2, 0.25) is 0 Å². The van der Waals surface area contributed by atoms with E-state index in [4.69, 9.17) is 10.00 Å². The van der Waals surface area contributed by atoms with Gasteiger partial charge in [-0.2, -0.15) is 5.26 Å². The van der Waals surface area contributed by atoms with Crippen molar-refractivity contribution in [1.29, 1.82) is 5.26 Å². The lowest BCUT2D eigenvalue weighted by molar-refractivity contribution is 0.200. The van der Waals surface area contributed by atoms with Crippen LogP contribution in [-0.4, -0.2) is 12.6 Å². The van der Waals surface area contributed by atoms with Crippen molar-refractivity contribution >= 4 is 6.09 Å². The number of hydrogen-bond donors (Lipinski definition) is 1. The zero-order chi connectivity index (χ0) is 12.0. The first kappa shape index (κ1) is 12.1. The molecule has 0 unspecified atom stereocenters. The van der Waals surface area contributed by atoms with E-state index in [1.165, 1.54) is 0 Å². The summed E-state index contributed by atoms with van der Waals surface area (Å²) in [6.07, 6.45) is -0.244. The Labute approximate surface area is 94.8 Å². The second-order valence-corrected chi connectivity index (χ2v) is 3.42. The number of rotatable bonds is 3. The molecule has 1 rings (SSSR count). The normalized spacial score (nSPS) is 9.31. The van der Waals surface area contributed by atoms with Crippen LogP contribution >= 0.6 is 0 Å². The van der Waals surface area contributed by atoms with Crippen LogP contribution in [-0.2, 0) is 0 Å². The van der Waals surface area contributed by atoms with Gasteiger partial charge < -0.3 is 10.1 Å². The van der Waals surface area contributed by atoms with Crippen LogP contribution in [0.1, 0.15) is 17.5 Å². The number of amides is 1. The third kappa shape index (κ3) is 3.28. The lowest BCUT2D eigenvalue weighted by Crippen LogP contribution is -2.27. The minimum atomic E-state index is -0.524. The Hall–Kier alpha value is -2.02. The first-order valence-electron chi connectivity index (χ1n) is 5.04. The molecule has 0 aliphatic heterocycles. The summed E-state index contributed by atoms with van der Waals surface area (Å²) >= 11 is 0. The number of hydrogen-bond acceptors (Lipinski definition) is 3. The summed E-state index contributed by atoms with van der Waals surface area (Å²) in [5, 5.41) is 10.8. The second-order valence-electron chi connectivity index (χ2n) is 3.42.